The summed E-state index contributed by atoms with van der Waals surface area (Å²) < 4.78 is 10.7. The second kappa shape index (κ2) is 6.57. The summed E-state index contributed by atoms with van der Waals surface area (Å²) in [5.41, 5.74) is 1.04. The van der Waals surface area contributed by atoms with Crippen molar-refractivity contribution < 1.29 is 14.3 Å². The van der Waals surface area contributed by atoms with Crippen LogP contribution in [0.3, 0.4) is 0 Å². The maximum absolute atomic E-state index is 12.0. The molecule has 1 aliphatic rings. The monoisotopic (exact) mass is 263 g/mol. The zero-order valence-electron chi connectivity index (χ0n) is 11.6. The van der Waals surface area contributed by atoms with Crippen LogP contribution in [0, 0.1) is 0 Å². The van der Waals surface area contributed by atoms with Crippen LogP contribution < -0.4 is 4.74 Å². The number of hydrogen-bond acceptors (Lipinski definition) is 3. The van der Waals surface area contributed by atoms with Crippen molar-refractivity contribution in [2.24, 2.45) is 0 Å². The van der Waals surface area contributed by atoms with Crippen molar-refractivity contribution in [2.75, 3.05) is 20.2 Å². The van der Waals surface area contributed by atoms with Gasteiger partial charge in [-0.3, -0.25) is 4.79 Å². The van der Waals surface area contributed by atoms with Gasteiger partial charge in [0.05, 0.1) is 13.7 Å². The number of amides is 1. The summed E-state index contributed by atoms with van der Waals surface area (Å²) >= 11 is 0. The number of carbonyl (C=O) groups is 1. The molecule has 0 unspecified atom stereocenters. The smallest absolute Gasteiger partial charge is 0.251 e. The molecular weight excluding hydrogens is 242 g/mol. The normalized spacial score (nSPS) is 16.4. The van der Waals surface area contributed by atoms with Crippen molar-refractivity contribution in [2.45, 2.75) is 32.5 Å². The predicted molar refractivity (Wildman–Crippen MR) is 73.1 cm³/mol. The Morgan fingerprint density at radius 1 is 1.26 bits per heavy atom. The fraction of sp³-hybridized carbons (Fsp3) is 0.533. The summed E-state index contributed by atoms with van der Waals surface area (Å²) in [5.74, 6) is 0.927. The van der Waals surface area contributed by atoms with E-state index in [1.165, 1.54) is 0 Å². The molecule has 4 nitrogen and oxygen atoms in total. The van der Waals surface area contributed by atoms with Gasteiger partial charge < -0.3 is 14.4 Å². The molecule has 1 aromatic carbocycles. The molecule has 1 saturated heterocycles. The lowest BCUT2D eigenvalue weighted by molar-refractivity contribution is -0.142. The van der Waals surface area contributed by atoms with Crippen LogP contribution in [-0.4, -0.2) is 37.1 Å². The maximum Gasteiger partial charge on any atom is 0.251 e. The summed E-state index contributed by atoms with van der Waals surface area (Å²) in [6, 6.07) is 7.69. The molecule has 1 fully saturated rings. The highest BCUT2D eigenvalue weighted by Gasteiger charge is 2.23. The van der Waals surface area contributed by atoms with Gasteiger partial charge in [0, 0.05) is 13.1 Å². The minimum Gasteiger partial charge on any atom is -0.497 e. The van der Waals surface area contributed by atoms with Crippen molar-refractivity contribution in [1.82, 2.24) is 4.90 Å². The van der Waals surface area contributed by atoms with E-state index in [-0.39, 0.29) is 12.0 Å². The van der Waals surface area contributed by atoms with Gasteiger partial charge in [-0.1, -0.05) is 12.1 Å². The van der Waals surface area contributed by atoms with Gasteiger partial charge in [-0.05, 0) is 37.5 Å². The number of hydrogen-bond donors (Lipinski definition) is 0. The van der Waals surface area contributed by atoms with Crippen LogP contribution in [0.4, 0.5) is 0 Å². The van der Waals surface area contributed by atoms with E-state index < -0.39 is 0 Å². The first-order valence-corrected chi connectivity index (χ1v) is 6.74. The lowest BCUT2D eigenvalue weighted by atomic mass is 10.2. The van der Waals surface area contributed by atoms with Crippen LogP contribution in [-0.2, 0) is 16.1 Å². The maximum atomic E-state index is 12.0. The van der Waals surface area contributed by atoms with E-state index in [2.05, 4.69) is 0 Å². The molecule has 1 aliphatic heterocycles. The average Bonchev–Trinajstić information content (AvgIpc) is 2.98. The van der Waals surface area contributed by atoms with Crippen molar-refractivity contribution in [1.29, 1.82) is 0 Å². The van der Waals surface area contributed by atoms with Gasteiger partial charge >= 0.3 is 0 Å². The number of methoxy groups -OCH3 is 1. The molecule has 1 heterocycles. The van der Waals surface area contributed by atoms with Gasteiger partial charge in [-0.2, -0.15) is 0 Å². The van der Waals surface area contributed by atoms with Crippen LogP contribution in [0.25, 0.3) is 0 Å². The van der Waals surface area contributed by atoms with Gasteiger partial charge in [0.2, 0.25) is 0 Å². The summed E-state index contributed by atoms with van der Waals surface area (Å²) in [6.07, 6.45) is 1.84. The Bertz CT molecular complexity index is 410. The molecule has 0 bridgehead atoms. The molecule has 4 heteroatoms. The standard InChI is InChI=1S/C15H21NO3/c1-12(15(17)16-9-3-4-10-16)19-11-13-5-7-14(18-2)8-6-13/h5-8,12H,3-4,9-11H2,1-2H3/t12-/m0/s1. The predicted octanol–water partition coefficient (Wildman–Crippen LogP) is 2.22. The van der Waals surface area contributed by atoms with Crippen LogP contribution in [0.15, 0.2) is 24.3 Å². The Balaban J connectivity index is 1.81. The number of carbonyl (C=O) groups excluding carboxylic acids is 1. The molecule has 0 saturated carbocycles. The highest BCUT2D eigenvalue weighted by molar-refractivity contribution is 5.80. The topological polar surface area (TPSA) is 38.8 Å². The molecular formula is C15H21NO3. The first kappa shape index (κ1) is 13.9. The highest BCUT2D eigenvalue weighted by atomic mass is 16.5. The van der Waals surface area contributed by atoms with E-state index in [0.717, 1.165) is 37.2 Å². The van der Waals surface area contributed by atoms with Crippen molar-refractivity contribution in [3.63, 3.8) is 0 Å². The molecule has 1 aromatic rings. The van der Waals surface area contributed by atoms with E-state index in [1.54, 1.807) is 7.11 Å². The fourth-order valence-corrected chi connectivity index (χ4v) is 2.21. The quantitative estimate of drug-likeness (QED) is 0.817. The molecule has 0 N–H and O–H groups in total. The molecule has 0 aliphatic carbocycles. The average molecular weight is 263 g/mol. The molecule has 19 heavy (non-hydrogen) atoms. The minimum atomic E-state index is -0.375. The first-order chi connectivity index (χ1) is 9.20. The number of benzene rings is 1. The first-order valence-electron chi connectivity index (χ1n) is 6.74. The Hall–Kier alpha value is -1.55. The highest BCUT2D eigenvalue weighted by Crippen LogP contribution is 2.14. The largest absolute Gasteiger partial charge is 0.497 e. The molecule has 2 rings (SSSR count). The van der Waals surface area contributed by atoms with Gasteiger partial charge in [0.15, 0.2) is 0 Å². The van der Waals surface area contributed by atoms with Gasteiger partial charge in [0.25, 0.3) is 5.91 Å². The third-order valence-corrected chi connectivity index (χ3v) is 3.42. The van der Waals surface area contributed by atoms with Crippen LogP contribution in [0.2, 0.25) is 0 Å². The Morgan fingerprint density at radius 2 is 1.89 bits per heavy atom. The molecule has 1 atom stereocenters. The Kier molecular flexibility index (Phi) is 4.80. The van der Waals surface area contributed by atoms with E-state index in [9.17, 15) is 4.79 Å². The Labute approximate surface area is 114 Å². The molecule has 0 radical (unpaired) electrons. The molecule has 1 amide bonds. The van der Waals surface area contributed by atoms with Gasteiger partial charge in [0.1, 0.15) is 11.9 Å². The number of ether oxygens (including phenoxy) is 2. The van der Waals surface area contributed by atoms with E-state index in [4.69, 9.17) is 9.47 Å². The summed E-state index contributed by atoms with van der Waals surface area (Å²) in [6.45, 7) is 4.01. The second-order valence-corrected chi connectivity index (χ2v) is 4.83. The summed E-state index contributed by atoms with van der Waals surface area (Å²) in [7, 11) is 1.64. The minimum absolute atomic E-state index is 0.103. The second-order valence-electron chi connectivity index (χ2n) is 4.83. The van der Waals surface area contributed by atoms with Gasteiger partial charge in [-0.15, -0.1) is 0 Å². The van der Waals surface area contributed by atoms with Crippen LogP contribution >= 0.6 is 0 Å². The van der Waals surface area contributed by atoms with Crippen LogP contribution in [0.5, 0.6) is 5.75 Å². The fourth-order valence-electron chi connectivity index (χ4n) is 2.21. The molecule has 104 valence electrons. The Morgan fingerprint density at radius 3 is 2.47 bits per heavy atom. The summed E-state index contributed by atoms with van der Waals surface area (Å²) in [4.78, 5) is 13.9. The SMILES string of the molecule is COc1ccc(CO[C@@H](C)C(=O)N2CCCC2)cc1. The van der Waals surface area contributed by atoms with E-state index in [0.29, 0.717) is 6.61 Å². The zero-order valence-corrected chi connectivity index (χ0v) is 11.6. The van der Waals surface area contributed by atoms with E-state index >= 15 is 0 Å². The van der Waals surface area contributed by atoms with Crippen molar-refractivity contribution in [3.05, 3.63) is 29.8 Å². The number of rotatable bonds is 5. The lowest BCUT2D eigenvalue weighted by Crippen LogP contribution is -2.36. The van der Waals surface area contributed by atoms with E-state index in [1.807, 2.05) is 36.1 Å². The number of nitrogens with zero attached hydrogens (tertiary/aromatic N) is 1. The van der Waals surface area contributed by atoms with Gasteiger partial charge in [-0.25, -0.2) is 0 Å². The summed E-state index contributed by atoms with van der Waals surface area (Å²) in [5, 5.41) is 0. The van der Waals surface area contributed by atoms with Crippen molar-refractivity contribution >= 4 is 5.91 Å². The lowest BCUT2D eigenvalue weighted by Gasteiger charge is -2.20. The molecule has 0 spiro atoms. The third-order valence-electron chi connectivity index (χ3n) is 3.42. The van der Waals surface area contributed by atoms with Crippen LogP contribution in [0.1, 0.15) is 25.3 Å². The molecule has 0 aromatic heterocycles. The third kappa shape index (κ3) is 3.70. The van der Waals surface area contributed by atoms with Crippen molar-refractivity contribution in [3.8, 4) is 5.75 Å². The zero-order chi connectivity index (χ0) is 13.7. The number of likely N-dealkylation sites (tertiary alicyclic amines) is 1.